The van der Waals surface area contributed by atoms with Gasteiger partial charge in [0.05, 0.1) is 0 Å². The van der Waals surface area contributed by atoms with Gasteiger partial charge in [-0.2, -0.15) is 0 Å². The Morgan fingerprint density at radius 1 is 1.20 bits per heavy atom. The minimum absolute atomic E-state index is 0.228. The van der Waals surface area contributed by atoms with Crippen molar-refractivity contribution in [3.63, 3.8) is 0 Å². The van der Waals surface area contributed by atoms with E-state index in [-0.39, 0.29) is 5.82 Å². The van der Waals surface area contributed by atoms with Crippen LogP contribution in [0.5, 0.6) is 11.5 Å². The highest BCUT2D eigenvalue weighted by Crippen LogP contribution is 2.28. The van der Waals surface area contributed by atoms with E-state index in [2.05, 4.69) is 5.32 Å². The van der Waals surface area contributed by atoms with Crippen molar-refractivity contribution >= 4 is 0 Å². The first-order valence-corrected chi connectivity index (χ1v) is 6.97. The molecule has 0 atom stereocenters. The number of hydrogen-bond donors (Lipinski definition) is 1. The Morgan fingerprint density at radius 3 is 2.80 bits per heavy atom. The van der Waals surface area contributed by atoms with Gasteiger partial charge in [-0.3, -0.25) is 0 Å². The molecule has 0 saturated heterocycles. The van der Waals surface area contributed by atoms with Crippen molar-refractivity contribution in [2.75, 3.05) is 0 Å². The molecule has 2 aromatic carbocycles. The Kier molecular flexibility index (Phi) is 3.70. The second-order valence-corrected chi connectivity index (χ2v) is 5.33. The summed E-state index contributed by atoms with van der Waals surface area (Å²) < 4.78 is 19.3. The van der Waals surface area contributed by atoms with Gasteiger partial charge in [-0.1, -0.05) is 12.1 Å². The third kappa shape index (κ3) is 3.36. The predicted octanol–water partition coefficient (Wildman–Crippen LogP) is 4.18. The standard InChI is InChI=1S/C17H18FNO/c1-12-3-2-4-16(9-12)20-17-8-5-14(18)10-13(17)11-19-15-6-7-15/h2-5,8-10,15,19H,6-7,11H2,1H3. The molecule has 1 aliphatic rings. The molecule has 104 valence electrons. The second-order valence-electron chi connectivity index (χ2n) is 5.33. The van der Waals surface area contributed by atoms with Crippen LogP contribution in [0, 0.1) is 12.7 Å². The van der Waals surface area contributed by atoms with E-state index < -0.39 is 0 Å². The molecule has 0 radical (unpaired) electrons. The van der Waals surface area contributed by atoms with Gasteiger partial charge in [0.25, 0.3) is 0 Å². The van der Waals surface area contributed by atoms with E-state index in [1.165, 1.54) is 18.9 Å². The molecule has 1 fully saturated rings. The zero-order chi connectivity index (χ0) is 13.9. The Morgan fingerprint density at radius 2 is 2.05 bits per heavy atom. The number of hydrogen-bond acceptors (Lipinski definition) is 2. The van der Waals surface area contributed by atoms with Crippen molar-refractivity contribution in [1.82, 2.24) is 5.32 Å². The summed E-state index contributed by atoms with van der Waals surface area (Å²) in [7, 11) is 0. The molecule has 20 heavy (non-hydrogen) atoms. The number of rotatable bonds is 5. The van der Waals surface area contributed by atoms with Crippen LogP contribution in [0.4, 0.5) is 4.39 Å². The van der Waals surface area contributed by atoms with Crippen LogP contribution in [0.2, 0.25) is 0 Å². The molecule has 1 saturated carbocycles. The van der Waals surface area contributed by atoms with Crippen LogP contribution in [-0.2, 0) is 6.54 Å². The van der Waals surface area contributed by atoms with Gasteiger partial charge in [-0.25, -0.2) is 4.39 Å². The topological polar surface area (TPSA) is 21.3 Å². The summed E-state index contributed by atoms with van der Waals surface area (Å²) in [6, 6.07) is 13.1. The highest BCUT2D eigenvalue weighted by atomic mass is 19.1. The second kappa shape index (κ2) is 5.63. The fourth-order valence-electron chi connectivity index (χ4n) is 2.13. The van der Waals surface area contributed by atoms with E-state index in [0.717, 1.165) is 16.9 Å². The molecule has 0 aliphatic heterocycles. The van der Waals surface area contributed by atoms with Crippen LogP contribution in [0.25, 0.3) is 0 Å². The number of halogens is 1. The van der Waals surface area contributed by atoms with Crippen molar-refractivity contribution in [3.8, 4) is 11.5 Å². The molecule has 1 aliphatic carbocycles. The number of nitrogens with one attached hydrogen (secondary N) is 1. The lowest BCUT2D eigenvalue weighted by Crippen LogP contribution is -2.15. The van der Waals surface area contributed by atoms with E-state index in [1.54, 1.807) is 12.1 Å². The van der Waals surface area contributed by atoms with Crippen LogP contribution in [0.1, 0.15) is 24.0 Å². The molecule has 1 N–H and O–H groups in total. The molecule has 0 unspecified atom stereocenters. The molecule has 2 nitrogen and oxygen atoms in total. The lowest BCUT2D eigenvalue weighted by Gasteiger charge is -2.12. The van der Waals surface area contributed by atoms with Crippen LogP contribution in [-0.4, -0.2) is 6.04 Å². The molecule has 0 heterocycles. The first-order valence-electron chi connectivity index (χ1n) is 6.97. The van der Waals surface area contributed by atoms with Gasteiger partial charge >= 0.3 is 0 Å². The van der Waals surface area contributed by atoms with E-state index in [0.29, 0.717) is 18.3 Å². The van der Waals surface area contributed by atoms with E-state index >= 15 is 0 Å². The van der Waals surface area contributed by atoms with Crippen LogP contribution < -0.4 is 10.1 Å². The molecular weight excluding hydrogens is 253 g/mol. The first-order chi connectivity index (χ1) is 9.70. The Balaban J connectivity index is 1.79. The molecule has 0 aromatic heterocycles. The largest absolute Gasteiger partial charge is 0.457 e. The maximum atomic E-state index is 13.4. The molecule has 0 amide bonds. The average molecular weight is 271 g/mol. The SMILES string of the molecule is Cc1cccc(Oc2ccc(F)cc2CNC2CC2)c1. The maximum Gasteiger partial charge on any atom is 0.132 e. The van der Waals surface area contributed by atoms with Gasteiger partial charge in [-0.05, 0) is 55.7 Å². The van der Waals surface area contributed by atoms with Gasteiger partial charge in [0.1, 0.15) is 17.3 Å². The van der Waals surface area contributed by atoms with Crippen molar-refractivity contribution in [2.24, 2.45) is 0 Å². The fraction of sp³-hybridized carbons (Fsp3) is 0.294. The Bertz CT molecular complexity index is 608. The van der Waals surface area contributed by atoms with Crippen LogP contribution >= 0.6 is 0 Å². The summed E-state index contributed by atoms with van der Waals surface area (Å²) in [6.07, 6.45) is 2.42. The van der Waals surface area contributed by atoms with Crippen molar-refractivity contribution in [3.05, 3.63) is 59.4 Å². The molecule has 3 rings (SSSR count). The lowest BCUT2D eigenvalue weighted by atomic mass is 10.2. The first kappa shape index (κ1) is 13.1. The zero-order valence-corrected chi connectivity index (χ0v) is 11.5. The highest BCUT2D eigenvalue weighted by molar-refractivity contribution is 5.39. The molecule has 0 spiro atoms. The summed E-state index contributed by atoms with van der Waals surface area (Å²) in [4.78, 5) is 0. The van der Waals surface area contributed by atoms with Crippen molar-refractivity contribution in [2.45, 2.75) is 32.4 Å². The zero-order valence-electron chi connectivity index (χ0n) is 11.5. The maximum absolute atomic E-state index is 13.4. The monoisotopic (exact) mass is 271 g/mol. The van der Waals surface area contributed by atoms with Crippen molar-refractivity contribution < 1.29 is 9.13 Å². The summed E-state index contributed by atoms with van der Waals surface area (Å²) in [6.45, 7) is 2.66. The quantitative estimate of drug-likeness (QED) is 0.881. The summed E-state index contributed by atoms with van der Waals surface area (Å²) >= 11 is 0. The third-order valence-electron chi connectivity index (χ3n) is 3.40. The summed E-state index contributed by atoms with van der Waals surface area (Å²) in [5, 5.41) is 3.39. The van der Waals surface area contributed by atoms with Gasteiger partial charge in [0.2, 0.25) is 0 Å². The smallest absolute Gasteiger partial charge is 0.132 e. The van der Waals surface area contributed by atoms with Gasteiger partial charge in [0.15, 0.2) is 0 Å². The molecule has 0 bridgehead atoms. The normalized spacial score (nSPS) is 14.3. The van der Waals surface area contributed by atoms with Crippen LogP contribution in [0.3, 0.4) is 0 Å². The van der Waals surface area contributed by atoms with Crippen LogP contribution in [0.15, 0.2) is 42.5 Å². The average Bonchev–Trinajstić information content (AvgIpc) is 3.23. The third-order valence-corrected chi connectivity index (χ3v) is 3.40. The summed E-state index contributed by atoms with van der Waals surface area (Å²) in [5.41, 5.74) is 2.00. The Labute approximate surface area is 118 Å². The minimum atomic E-state index is -0.228. The highest BCUT2D eigenvalue weighted by Gasteiger charge is 2.20. The fourth-order valence-corrected chi connectivity index (χ4v) is 2.13. The number of ether oxygens (including phenoxy) is 1. The van der Waals surface area contributed by atoms with Crippen molar-refractivity contribution in [1.29, 1.82) is 0 Å². The molecule has 3 heteroatoms. The molecule has 2 aromatic rings. The number of aryl methyl sites for hydroxylation is 1. The lowest BCUT2D eigenvalue weighted by molar-refractivity contribution is 0.469. The van der Waals surface area contributed by atoms with E-state index in [4.69, 9.17) is 4.74 Å². The predicted molar refractivity (Wildman–Crippen MR) is 77.5 cm³/mol. The Hall–Kier alpha value is -1.87. The number of benzene rings is 2. The van der Waals surface area contributed by atoms with E-state index in [1.807, 2.05) is 31.2 Å². The summed E-state index contributed by atoms with van der Waals surface area (Å²) in [5.74, 6) is 1.27. The van der Waals surface area contributed by atoms with Gasteiger partial charge in [-0.15, -0.1) is 0 Å². The van der Waals surface area contributed by atoms with Gasteiger partial charge < -0.3 is 10.1 Å². The molecular formula is C17H18FNO. The minimum Gasteiger partial charge on any atom is -0.457 e. The van der Waals surface area contributed by atoms with E-state index in [9.17, 15) is 4.39 Å². The van der Waals surface area contributed by atoms with Gasteiger partial charge in [0, 0.05) is 18.2 Å².